The van der Waals surface area contributed by atoms with Crippen molar-refractivity contribution in [2.45, 2.75) is 18.4 Å². The average molecular weight is 405 g/mol. The number of nitro groups is 1. The van der Waals surface area contributed by atoms with E-state index in [4.69, 9.17) is 4.74 Å². The summed E-state index contributed by atoms with van der Waals surface area (Å²) in [6, 6.07) is 12.9. The van der Waals surface area contributed by atoms with Crippen LogP contribution < -0.4 is 4.74 Å². The van der Waals surface area contributed by atoms with E-state index in [9.17, 15) is 18.5 Å². The van der Waals surface area contributed by atoms with Gasteiger partial charge in [-0.1, -0.05) is 18.2 Å². The zero-order valence-electron chi connectivity index (χ0n) is 15.7. The van der Waals surface area contributed by atoms with Crippen LogP contribution in [0.25, 0.3) is 0 Å². The molecule has 1 fully saturated rings. The molecule has 3 rings (SSSR count). The molecule has 150 valence electrons. The van der Waals surface area contributed by atoms with Crippen LogP contribution in [0.15, 0.2) is 53.4 Å². The zero-order valence-corrected chi connectivity index (χ0v) is 16.5. The van der Waals surface area contributed by atoms with E-state index in [-0.39, 0.29) is 10.6 Å². The van der Waals surface area contributed by atoms with E-state index in [1.807, 2.05) is 31.2 Å². The fraction of sp³-hybridized carbons (Fsp3) is 0.368. The number of hydrogen-bond acceptors (Lipinski definition) is 6. The number of non-ortho nitro benzene ring substituents is 1. The fourth-order valence-corrected chi connectivity index (χ4v) is 4.61. The van der Waals surface area contributed by atoms with Gasteiger partial charge in [-0.15, -0.1) is 0 Å². The maximum atomic E-state index is 12.8. The molecule has 0 aliphatic carbocycles. The first-order valence-corrected chi connectivity index (χ1v) is 10.5. The molecule has 0 bridgehead atoms. The number of hydrogen-bond donors (Lipinski definition) is 0. The highest BCUT2D eigenvalue weighted by atomic mass is 32.2. The first kappa shape index (κ1) is 20.2. The highest BCUT2D eigenvalue weighted by Gasteiger charge is 2.29. The predicted molar refractivity (Wildman–Crippen MR) is 105 cm³/mol. The Kier molecular flexibility index (Phi) is 6.28. The van der Waals surface area contributed by atoms with Crippen molar-refractivity contribution in [3.63, 3.8) is 0 Å². The van der Waals surface area contributed by atoms with Gasteiger partial charge in [-0.2, -0.15) is 4.31 Å². The normalized spacial score (nSPS) is 16.0. The van der Waals surface area contributed by atoms with Crippen LogP contribution in [0.5, 0.6) is 5.75 Å². The average Bonchev–Trinajstić information content (AvgIpc) is 2.70. The number of benzene rings is 2. The Morgan fingerprint density at radius 3 is 2.29 bits per heavy atom. The molecule has 0 atom stereocenters. The molecule has 2 aromatic carbocycles. The minimum Gasteiger partial charge on any atom is -0.494 e. The lowest BCUT2D eigenvalue weighted by Gasteiger charge is -2.34. The van der Waals surface area contributed by atoms with E-state index in [1.54, 1.807) is 0 Å². The third kappa shape index (κ3) is 4.49. The summed E-state index contributed by atoms with van der Waals surface area (Å²) in [5.74, 6) is 0.853. The lowest BCUT2D eigenvalue weighted by molar-refractivity contribution is -0.384. The van der Waals surface area contributed by atoms with Crippen molar-refractivity contribution in [1.82, 2.24) is 9.21 Å². The molecule has 28 heavy (non-hydrogen) atoms. The summed E-state index contributed by atoms with van der Waals surface area (Å²) in [7, 11) is -3.66. The summed E-state index contributed by atoms with van der Waals surface area (Å²) in [6.07, 6.45) is 0. The van der Waals surface area contributed by atoms with Crippen LogP contribution in [0.1, 0.15) is 12.5 Å². The van der Waals surface area contributed by atoms with Crippen molar-refractivity contribution in [2.75, 3.05) is 32.8 Å². The molecule has 0 spiro atoms. The highest BCUT2D eigenvalue weighted by Crippen LogP contribution is 2.23. The fourth-order valence-electron chi connectivity index (χ4n) is 3.19. The second-order valence-corrected chi connectivity index (χ2v) is 8.41. The summed E-state index contributed by atoms with van der Waals surface area (Å²) in [4.78, 5) is 12.5. The number of nitro benzene ring substituents is 1. The van der Waals surface area contributed by atoms with E-state index < -0.39 is 14.9 Å². The summed E-state index contributed by atoms with van der Waals surface area (Å²) < 4.78 is 32.7. The van der Waals surface area contributed by atoms with Crippen molar-refractivity contribution in [3.8, 4) is 5.75 Å². The quantitative estimate of drug-likeness (QED) is 0.519. The van der Waals surface area contributed by atoms with Gasteiger partial charge in [0, 0.05) is 50.4 Å². The molecule has 1 saturated heterocycles. The third-order valence-electron chi connectivity index (χ3n) is 4.68. The molecule has 0 aromatic heterocycles. The molecule has 0 unspecified atom stereocenters. The Balaban J connectivity index is 1.64. The number of ether oxygens (including phenoxy) is 1. The largest absolute Gasteiger partial charge is 0.494 e. The van der Waals surface area contributed by atoms with Crippen LogP contribution in [0.2, 0.25) is 0 Å². The molecule has 2 aromatic rings. The Morgan fingerprint density at radius 1 is 1.04 bits per heavy atom. The maximum Gasteiger partial charge on any atom is 0.269 e. The Bertz CT molecular complexity index is 923. The minimum atomic E-state index is -3.66. The van der Waals surface area contributed by atoms with Crippen LogP contribution in [0.4, 0.5) is 5.69 Å². The molecular weight excluding hydrogens is 382 g/mol. The van der Waals surface area contributed by atoms with Crippen molar-refractivity contribution in [2.24, 2.45) is 0 Å². The molecule has 0 N–H and O–H groups in total. The van der Waals surface area contributed by atoms with Gasteiger partial charge in [0.1, 0.15) is 5.75 Å². The van der Waals surface area contributed by atoms with Crippen molar-refractivity contribution >= 4 is 15.7 Å². The van der Waals surface area contributed by atoms with Crippen molar-refractivity contribution < 1.29 is 18.1 Å². The Labute approximate surface area is 164 Å². The van der Waals surface area contributed by atoms with Crippen LogP contribution in [0, 0.1) is 10.1 Å². The van der Waals surface area contributed by atoms with Gasteiger partial charge >= 0.3 is 0 Å². The van der Waals surface area contributed by atoms with Crippen molar-refractivity contribution in [3.05, 3.63) is 64.2 Å². The van der Waals surface area contributed by atoms with Crippen LogP contribution >= 0.6 is 0 Å². The molecule has 0 radical (unpaired) electrons. The maximum absolute atomic E-state index is 12.8. The number of nitrogens with zero attached hydrogens (tertiary/aromatic N) is 3. The standard InChI is InChI=1S/C19H23N3O5S/c1-2-27-19-6-4-3-5-16(19)15-20-11-13-21(14-12-20)28(25,26)18-9-7-17(8-10-18)22(23)24/h3-10H,2,11-15H2,1H3. The van der Waals surface area contributed by atoms with E-state index in [1.165, 1.54) is 28.6 Å². The van der Waals surface area contributed by atoms with Gasteiger partial charge in [-0.3, -0.25) is 15.0 Å². The van der Waals surface area contributed by atoms with E-state index in [2.05, 4.69) is 4.90 Å². The van der Waals surface area contributed by atoms with E-state index in [0.717, 1.165) is 11.3 Å². The monoisotopic (exact) mass is 405 g/mol. The third-order valence-corrected chi connectivity index (χ3v) is 6.60. The predicted octanol–water partition coefficient (Wildman–Crippen LogP) is 2.50. The lowest BCUT2D eigenvalue weighted by atomic mass is 10.2. The number of para-hydroxylation sites is 1. The first-order chi connectivity index (χ1) is 13.4. The van der Waals surface area contributed by atoms with Crippen LogP contribution in [-0.2, 0) is 16.6 Å². The second kappa shape index (κ2) is 8.68. The van der Waals surface area contributed by atoms with Gasteiger partial charge in [0.2, 0.25) is 10.0 Å². The van der Waals surface area contributed by atoms with E-state index >= 15 is 0 Å². The number of piperazine rings is 1. The van der Waals surface area contributed by atoms with Gasteiger partial charge in [0.05, 0.1) is 16.4 Å². The summed E-state index contributed by atoms with van der Waals surface area (Å²) in [5.41, 5.74) is 0.952. The van der Waals surface area contributed by atoms with Gasteiger partial charge in [-0.05, 0) is 25.1 Å². The molecule has 0 amide bonds. The lowest BCUT2D eigenvalue weighted by Crippen LogP contribution is -2.48. The molecule has 1 aliphatic heterocycles. The molecule has 1 aliphatic rings. The van der Waals surface area contributed by atoms with E-state index in [0.29, 0.717) is 39.3 Å². The Hall–Kier alpha value is -2.49. The molecule has 9 heteroatoms. The van der Waals surface area contributed by atoms with Gasteiger partial charge in [-0.25, -0.2) is 8.42 Å². The Morgan fingerprint density at radius 2 is 1.68 bits per heavy atom. The summed E-state index contributed by atoms with van der Waals surface area (Å²) in [6.45, 7) is 5.18. The number of sulfonamides is 1. The summed E-state index contributed by atoms with van der Waals surface area (Å²) in [5, 5.41) is 10.7. The number of rotatable bonds is 7. The smallest absolute Gasteiger partial charge is 0.269 e. The first-order valence-electron chi connectivity index (χ1n) is 9.09. The molecule has 1 heterocycles. The van der Waals surface area contributed by atoms with Gasteiger partial charge in [0.25, 0.3) is 5.69 Å². The minimum absolute atomic E-state index is 0.0771. The summed E-state index contributed by atoms with van der Waals surface area (Å²) >= 11 is 0. The van der Waals surface area contributed by atoms with Crippen LogP contribution in [-0.4, -0.2) is 55.3 Å². The second-order valence-electron chi connectivity index (χ2n) is 6.47. The highest BCUT2D eigenvalue weighted by molar-refractivity contribution is 7.89. The van der Waals surface area contributed by atoms with Gasteiger partial charge < -0.3 is 4.74 Å². The molecular formula is C19H23N3O5S. The zero-order chi connectivity index (χ0) is 20.1. The van der Waals surface area contributed by atoms with Crippen LogP contribution in [0.3, 0.4) is 0 Å². The SMILES string of the molecule is CCOc1ccccc1CN1CCN(S(=O)(=O)c2ccc([N+](=O)[O-])cc2)CC1. The molecule has 0 saturated carbocycles. The molecule has 8 nitrogen and oxygen atoms in total. The topological polar surface area (TPSA) is 93.0 Å². The van der Waals surface area contributed by atoms with Crippen molar-refractivity contribution in [1.29, 1.82) is 0 Å². The van der Waals surface area contributed by atoms with Gasteiger partial charge in [0.15, 0.2) is 0 Å².